The maximum absolute atomic E-state index is 13.5. The Kier molecular flexibility index (Phi) is 8.67. The minimum atomic E-state index is -0.228. The van der Waals surface area contributed by atoms with Crippen molar-refractivity contribution in [1.29, 1.82) is 0 Å². The lowest BCUT2D eigenvalue weighted by atomic mass is 10.2. The van der Waals surface area contributed by atoms with Crippen LogP contribution in [-0.4, -0.2) is 24.7 Å². The minimum absolute atomic E-state index is 0.228. The third-order valence-corrected chi connectivity index (χ3v) is 3.58. The van der Waals surface area contributed by atoms with Crippen molar-refractivity contribution in [1.82, 2.24) is 5.32 Å². The third-order valence-electron chi connectivity index (χ3n) is 2.59. The Hall–Kier alpha value is -0.740. The van der Waals surface area contributed by atoms with Crippen molar-refractivity contribution in [3.05, 3.63) is 29.6 Å². The van der Waals surface area contributed by atoms with E-state index >= 15 is 0 Å². The van der Waals surface area contributed by atoms with Gasteiger partial charge in [0.1, 0.15) is 11.6 Å². The van der Waals surface area contributed by atoms with Gasteiger partial charge in [-0.05, 0) is 48.6 Å². The Balaban J connectivity index is 2.39. The highest BCUT2D eigenvalue weighted by Crippen LogP contribution is 2.17. The molecule has 0 radical (unpaired) electrons. The van der Waals surface area contributed by atoms with Gasteiger partial charge in [0.2, 0.25) is 0 Å². The van der Waals surface area contributed by atoms with Gasteiger partial charge in [0.05, 0.1) is 6.61 Å². The van der Waals surface area contributed by atoms with Gasteiger partial charge in [0.25, 0.3) is 0 Å². The van der Waals surface area contributed by atoms with E-state index in [1.54, 1.807) is 6.07 Å². The van der Waals surface area contributed by atoms with E-state index in [1.807, 2.05) is 17.8 Å². The van der Waals surface area contributed by atoms with Crippen LogP contribution in [0.3, 0.4) is 0 Å². The smallest absolute Gasteiger partial charge is 0.127 e. The van der Waals surface area contributed by atoms with Crippen LogP contribution < -0.4 is 10.1 Å². The fraction of sp³-hybridized carbons (Fsp3) is 0.600. The number of thioether (sulfide) groups is 1. The van der Waals surface area contributed by atoms with Crippen molar-refractivity contribution in [3.8, 4) is 5.75 Å². The molecule has 19 heavy (non-hydrogen) atoms. The van der Waals surface area contributed by atoms with Crippen molar-refractivity contribution in [2.24, 2.45) is 0 Å². The molecule has 0 heterocycles. The molecule has 0 aromatic heterocycles. The second kappa shape index (κ2) is 10.1. The normalized spacial score (nSPS) is 10.7. The first-order valence-corrected chi connectivity index (χ1v) is 8.12. The molecule has 2 nitrogen and oxygen atoms in total. The van der Waals surface area contributed by atoms with Crippen LogP contribution in [0, 0.1) is 5.82 Å². The van der Waals surface area contributed by atoms with E-state index in [1.165, 1.54) is 6.07 Å². The SMILES string of the molecule is CCCNCc1cc(F)cc(OCCCSCC)c1. The number of rotatable bonds is 10. The fourth-order valence-corrected chi connectivity index (χ4v) is 2.32. The maximum Gasteiger partial charge on any atom is 0.127 e. The highest BCUT2D eigenvalue weighted by atomic mass is 32.2. The summed E-state index contributed by atoms with van der Waals surface area (Å²) in [6.07, 6.45) is 2.08. The van der Waals surface area contributed by atoms with Crippen LogP contribution >= 0.6 is 11.8 Å². The summed E-state index contributed by atoms with van der Waals surface area (Å²) in [5, 5.41) is 3.26. The molecule has 1 aromatic carbocycles. The number of benzene rings is 1. The standard InChI is InChI=1S/C15H24FNOS/c1-3-6-17-12-13-9-14(16)11-15(10-13)18-7-5-8-19-4-2/h9-11,17H,3-8,12H2,1-2H3. The topological polar surface area (TPSA) is 21.3 Å². The van der Waals surface area contributed by atoms with E-state index in [0.29, 0.717) is 18.9 Å². The lowest BCUT2D eigenvalue weighted by molar-refractivity contribution is 0.316. The molecule has 0 atom stereocenters. The molecule has 0 unspecified atom stereocenters. The lowest BCUT2D eigenvalue weighted by Crippen LogP contribution is -2.14. The molecule has 4 heteroatoms. The molecule has 0 aliphatic heterocycles. The first-order valence-electron chi connectivity index (χ1n) is 6.97. The van der Waals surface area contributed by atoms with E-state index in [-0.39, 0.29) is 5.82 Å². The summed E-state index contributed by atoms with van der Waals surface area (Å²) in [4.78, 5) is 0. The van der Waals surface area contributed by atoms with Crippen LogP contribution in [0.4, 0.5) is 4.39 Å². The zero-order chi connectivity index (χ0) is 13.9. The largest absolute Gasteiger partial charge is 0.493 e. The Bertz CT molecular complexity index is 360. The van der Waals surface area contributed by atoms with Crippen molar-refractivity contribution >= 4 is 11.8 Å². The molecule has 108 valence electrons. The van der Waals surface area contributed by atoms with Gasteiger partial charge in [0.15, 0.2) is 0 Å². The molecule has 0 aliphatic carbocycles. The Morgan fingerprint density at radius 3 is 2.84 bits per heavy atom. The summed E-state index contributed by atoms with van der Waals surface area (Å²) < 4.78 is 19.1. The van der Waals surface area contributed by atoms with E-state index < -0.39 is 0 Å². The molecule has 0 fully saturated rings. The molecule has 1 aromatic rings. The fourth-order valence-electron chi connectivity index (χ4n) is 1.71. The van der Waals surface area contributed by atoms with E-state index in [4.69, 9.17) is 4.74 Å². The van der Waals surface area contributed by atoms with Gasteiger partial charge in [-0.25, -0.2) is 4.39 Å². The van der Waals surface area contributed by atoms with Crippen LogP contribution in [0.2, 0.25) is 0 Å². The summed E-state index contributed by atoms with van der Waals surface area (Å²) in [7, 11) is 0. The molecule has 0 saturated carbocycles. The van der Waals surface area contributed by atoms with Crippen LogP contribution in [-0.2, 0) is 6.54 Å². The molecule has 1 N–H and O–H groups in total. The highest BCUT2D eigenvalue weighted by molar-refractivity contribution is 7.99. The molecular formula is C15H24FNOS. The Morgan fingerprint density at radius 1 is 1.26 bits per heavy atom. The number of halogens is 1. The number of hydrogen-bond donors (Lipinski definition) is 1. The van der Waals surface area contributed by atoms with Crippen LogP contribution in [0.5, 0.6) is 5.75 Å². The molecule has 0 spiro atoms. The zero-order valence-electron chi connectivity index (χ0n) is 11.9. The molecule has 0 amide bonds. The van der Waals surface area contributed by atoms with Crippen LogP contribution in [0.1, 0.15) is 32.3 Å². The molecule has 0 bridgehead atoms. The lowest BCUT2D eigenvalue weighted by Gasteiger charge is -2.09. The second-order valence-corrected chi connectivity index (χ2v) is 5.76. The van der Waals surface area contributed by atoms with Crippen molar-refractivity contribution < 1.29 is 9.13 Å². The number of nitrogens with one attached hydrogen (secondary N) is 1. The zero-order valence-corrected chi connectivity index (χ0v) is 12.7. The van der Waals surface area contributed by atoms with E-state index in [0.717, 1.165) is 36.5 Å². The average molecular weight is 285 g/mol. The van der Waals surface area contributed by atoms with E-state index in [2.05, 4.69) is 19.2 Å². The molecule has 0 saturated heterocycles. The average Bonchev–Trinajstić information content (AvgIpc) is 2.38. The molecule has 1 rings (SSSR count). The molecule has 0 aliphatic rings. The van der Waals surface area contributed by atoms with Gasteiger partial charge in [-0.1, -0.05) is 13.8 Å². The predicted molar refractivity (Wildman–Crippen MR) is 81.5 cm³/mol. The highest BCUT2D eigenvalue weighted by Gasteiger charge is 2.02. The minimum Gasteiger partial charge on any atom is -0.493 e. The number of ether oxygens (including phenoxy) is 1. The second-order valence-electron chi connectivity index (χ2n) is 4.37. The van der Waals surface area contributed by atoms with Crippen molar-refractivity contribution in [2.75, 3.05) is 24.7 Å². The van der Waals surface area contributed by atoms with Crippen molar-refractivity contribution in [2.45, 2.75) is 33.2 Å². The van der Waals surface area contributed by atoms with Gasteiger partial charge in [-0.3, -0.25) is 0 Å². The van der Waals surface area contributed by atoms with Gasteiger partial charge >= 0.3 is 0 Å². The summed E-state index contributed by atoms with van der Waals surface area (Å²) >= 11 is 1.90. The van der Waals surface area contributed by atoms with E-state index in [9.17, 15) is 4.39 Å². The first kappa shape index (κ1) is 16.3. The van der Waals surface area contributed by atoms with Gasteiger partial charge in [0, 0.05) is 12.6 Å². The summed E-state index contributed by atoms with van der Waals surface area (Å²) in [6, 6.07) is 4.93. The third kappa shape index (κ3) is 7.43. The first-order chi connectivity index (χ1) is 9.26. The van der Waals surface area contributed by atoms with Gasteiger partial charge in [-0.2, -0.15) is 11.8 Å². The van der Waals surface area contributed by atoms with Crippen LogP contribution in [0.25, 0.3) is 0 Å². The van der Waals surface area contributed by atoms with Gasteiger partial charge < -0.3 is 10.1 Å². The predicted octanol–water partition coefficient (Wildman–Crippen LogP) is 3.85. The monoisotopic (exact) mass is 285 g/mol. The van der Waals surface area contributed by atoms with Crippen molar-refractivity contribution in [3.63, 3.8) is 0 Å². The molecular weight excluding hydrogens is 261 g/mol. The quantitative estimate of drug-likeness (QED) is 0.660. The Morgan fingerprint density at radius 2 is 2.11 bits per heavy atom. The number of hydrogen-bond acceptors (Lipinski definition) is 3. The maximum atomic E-state index is 13.5. The van der Waals surface area contributed by atoms with Gasteiger partial charge in [-0.15, -0.1) is 0 Å². The summed E-state index contributed by atoms with van der Waals surface area (Å²) in [5.74, 6) is 2.63. The summed E-state index contributed by atoms with van der Waals surface area (Å²) in [5.41, 5.74) is 0.936. The Labute approximate surface area is 120 Å². The summed E-state index contributed by atoms with van der Waals surface area (Å²) in [6.45, 7) is 6.54. The van der Waals surface area contributed by atoms with Crippen LogP contribution in [0.15, 0.2) is 18.2 Å².